The second-order valence-corrected chi connectivity index (χ2v) is 7.37. The largest absolute Gasteiger partial charge is 0.465 e. The summed E-state index contributed by atoms with van der Waals surface area (Å²) in [5.41, 5.74) is -0.109. The summed E-state index contributed by atoms with van der Waals surface area (Å²) in [6.45, 7) is 11.4. The number of ether oxygens (including phenoxy) is 1. The van der Waals surface area contributed by atoms with Gasteiger partial charge in [-0.25, -0.2) is 0 Å². The van der Waals surface area contributed by atoms with Gasteiger partial charge in [-0.15, -0.1) is 0 Å². The van der Waals surface area contributed by atoms with E-state index in [4.69, 9.17) is 4.74 Å². The van der Waals surface area contributed by atoms with Gasteiger partial charge in [0.1, 0.15) is 7.85 Å². The number of unbranched alkanes of at least 4 members (excludes halogenated alkanes) is 1. The number of hydrogen-bond acceptors (Lipinski definition) is 2. The summed E-state index contributed by atoms with van der Waals surface area (Å²) in [6, 6.07) is 0. The lowest BCUT2D eigenvalue weighted by molar-refractivity contribution is -0.152. The Hall–Kier alpha value is -0.465. The molecule has 0 bridgehead atoms. The van der Waals surface area contributed by atoms with Crippen LogP contribution in [-0.4, -0.2) is 20.4 Å². The van der Waals surface area contributed by atoms with Crippen molar-refractivity contribution in [2.75, 3.05) is 6.61 Å². The van der Waals surface area contributed by atoms with Crippen LogP contribution < -0.4 is 0 Å². The van der Waals surface area contributed by atoms with Gasteiger partial charge in [0.05, 0.1) is 12.0 Å². The molecule has 0 aromatic heterocycles. The summed E-state index contributed by atoms with van der Waals surface area (Å²) >= 11 is 0. The Bertz CT molecular complexity index is 291. The average molecular weight is 238 g/mol. The van der Waals surface area contributed by atoms with Crippen molar-refractivity contribution in [3.05, 3.63) is 0 Å². The van der Waals surface area contributed by atoms with Crippen LogP contribution in [0.4, 0.5) is 0 Å². The zero-order chi connectivity index (χ0) is 13.3. The van der Waals surface area contributed by atoms with Gasteiger partial charge in [-0.3, -0.25) is 4.79 Å². The van der Waals surface area contributed by atoms with Gasteiger partial charge in [-0.1, -0.05) is 46.4 Å². The molecule has 1 atom stereocenters. The zero-order valence-electron chi connectivity index (χ0n) is 12.4. The molecule has 0 spiro atoms. The van der Waals surface area contributed by atoms with Gasteiger partial charge in [0.2, 0.25) is 0 Å². The van der Waals surface area contributed by atoms with Crippen LogP contribution in [0.3, 0.4) is 0 Å². The topological polar surface area (TPSA) is 26.3 Å². The Morgan fingerprint density at radius 1 is 1.41 bits per heavy atom. The van der Waals surface area contributed by atoms with Gasteiger partial charge in [0.25, 0.3) is 0 Å². The third-order valence-electron chi connectivity index (χ3n) is 3.87. The maximum Gasteiger partial charge on any atom is 0.312 e. The lowest BCUT2D eigenvalue weighted by atomic mass is 9.65. The van der Waals surface area contributed by atoms with Crippen molar-refractivity contribution in [2.45, 2.75) is 65.6 Å². The summed E-state index contributed by atoms with van der Waals surface area (Å²) in [5, 5.41) is 0.178. The van der Waals surface area contributed by atoms with E-state index in [1.165, 1.54) is 0 Å². The van der Waals surface area contributed by atoms with Crippen LogP contribution in [0.15, 0.2) is 0 Å². The van der Waals surface area contributed by atoms with E-state index in [1.54, 1.807) is 0 Å². The molecule has 0 aliphatic heterocycles. The van der Waals surface area contributed by atoms with Crippen LogP contribution in [0.25, 0.3) is 0 Å². The van der Waals surface area contributed by atoms with Crippen molar-refractivity contribution in [2.24, 2.45) is 10.8 Å². The highest BCUT2D eigenvalue weighted by atomic mass is 16.5. The molecule has 0 N–H and O–H groups in total. The van der Waals surface area contributed by atoms with Crippen molar-refractivity contribution in [1.82, 2.24) is 0 Å². The smallest absolute Gasteiger partial charge is 0.312 e. The average Bonchev–Trinajstić information content (AvgIpc) is 2.66. The molecule has 3 heteroatoms. The van der Waals surface area contributed by atoms with E-state index in [0.717, 1.165) is 25.7 Å². The molecule has 1 rings (SSSR count). The Kier molecular flexibility index (Phi) is 4.00. The van der Waals surface area contributed by atoms with E-state index in [2.05, 4.69) is 42.5 Å². The minimum atomic E-state index is -0.223. The van der Waals surface area contributed by atoms with Crippen LogP contribution in [0.1, 0.15) is 60.3 Å². The fourth-order valence-electron chi connectivity index (χ4n) is 2.79. The lowest BCUT2D eigenvalue weighted by Crippen LogP contribution is -2.28. The van der Waals surface area contributed by atoms with Crippen LogP contribution in [-0.2, 0) is 9.53 Å². The molecule has 0 amide bonds. The van der Waals surface area contributed by atoms with E-state index in [0.29, 0.717) is 6.61 Å². The normalized spacial score (nSPS) is 26.6. The number of hydrogen-bond donors (Lipinski definition) is 0. The molecule has 1 fully saturated rings. The Morgan fingerprint density at radius 3 is 2.29 bits per heavy atom. The first kappa shape index (κ1) is 14.6. The Balaban J connectivity index is 2.65. The SMILES string of the molecule is BC(C)(C)CC1(C(=O)OCCCC)CC1(C)C. The molecule has 0 radical (unpaired) electrons. The molecule has 0 saturated heterocycles. The molecule has 2 nitrogen and oxygen atoms in total. The molecule has 0 heterocycles. The molecule has 1 aliphatic carbocycles. The van der Waals surface area contributed by atoms with Crippen molar-refractivity contribution >= 4 is 13.8 Å². The highest BCUT2D eigenvalue weighted by Gasteiger charge is 2.67. The molecule has 1 unspecified atom stereocenters. The van der Waals surface area contributed by atoms with Gasteiger partial charge in [0, 0.05) is 0 Å². The number of rotatable bonds is 6. The zero-order valence-corrected chi connectivity index (χ0v) is 12.4. The minimum absolute atomic E-state index is 0.0332. The fraction of sp³-hybridized carbons (Fsp3) is 0.929. The van der Waals surface area contributed by atoms with Crippen molar-refractivity contribution in [3.63, 3.8) is 0 Å². The third kappa shape index (κ3) is 3.26. The Labute approximate surface area is 107 Å². The van der Waals surface area contributed by atoms with Crippen LogP contribution in [0.2, 0.25) is 5.31 Å². The summed E-state index contributed by atoms with van der Waals surface area (Å²) in [7, 11) is 2.20. The number of carbonyl (C=O) groups excluding carboxylic acids is 1. The first-order valence-corrected chi connectivity index (χ1v) is 6.82. The van der Waals surface area contributed by atoms with E-state index in [9.17, 15) is 4.79 Å². The molecular weight excluding hydrogens is 211 g/mol. The van der Waals surface area contributed by atoms with E-state index in [1.807, 2.05) is 0 Å². The molecule has 17 heavy (non-hydrogen) atoms. The summed E-state index contributed by atoms with van der Waals surface area (Å²) < 4.78 is 5.45. The standard InChI is InChI=1S/C14H27BO2/c1-6-7-8-17-11(16)14(9-12(14,2)3)10-13(4,5)15/h6-10,15H2,1-5H3. The summed E-state index contributed by atoms with van der Waals surface area (Å²) in [5.74, 6) is 0.0332. The Morgan fingerprint density at radius 2 is 1.94 bits per heavy atom. The molecule has 98 valence electrons. The van der Waals surface area contributed by atoms with Crippen molar-refractivity contribution in [1.29, 1.82) is 0 Å². The number of esters is 1. The highest BCUT2D eigenvalue weighted by Crippen LogP contribution is 2.68. The second kappa shape index (κ2) is 4.66. The summed E-state index contributed by atoms with van der Waals surface area (Å²) in [4.78, 5) is 12.3. The van der Waals surface area contributed by atoms with Crippen LogP contribution in [0.5, 0.6) is 0 Å². The van der Waals surface area contributed by atoms with E-state index < -0.39 is 0 Å². The molecule has 0 aromatic rings. The predicted molar refractivity (Wildman–Crippen MR) is 73.9 cm³/mol. The highest BCUT2D eigenvalue weighted by molar-refractivity contribution is 6.14. The monoisotopic (exact) mass is 238 g/mol. The van der Waals surface area contributed by atoms with Crippen LogP contribution >= 0.6 is 0 Å². The van der Waals surface area contributed by atoms with Crippen molar-refractivity contribution < 1.29 is 9.53 Å². The first-order chi connectivity index (χ1) is 7.65. The molecule has 1 aliphatic rings. The fourth-order valence-corrected chi connectivity index (χ4v) is 2.79. The van der Waals surface area contributed by atoms with Gasteiger partial charge in [-0.2, -0.15) is 0 Å². The summed E-state index contributed by atoms with van der Waals surface area (Å²) in [6.07, 6.45) is 3.95. The number of carbonyl (C=O) groups is 1. The third-order valence-corrected chi connectivity index (χ3v) is 3.87. The van der Waals surface area contributed by atoms with E-state index in [-0.39, 0.29) is 22.1 Å². The lowest BCUT2D eigenvalue weighted by Gasteiger charge is -2.27. The maximum atomic E-state index is 12.3. The molecule has 0 aromatic carbocycles. The van der Waals surface area contributed by atoms with Gasteiger partial charge < -0.3 is 4.74 Å². The maximum absolute atomic E-state index is 12.3. The quantitative estimate of drug-likeness (QED) is 0.404. The van der Waals surface area contributed by atoms with Gasteiger partial charge in [-0.05, 0) is 24.7 Å². The van der Waals surface area contributed by atoms with Gasteiger partial charge >= 0.3 is 5.97 Å². The first-order valence-electron chi connectivity index (χ1n) is 6.82. The van der Waals surface area contributed by atoms with E-state index >= 15 is 0 Å². The van der Waals surface area contributed by atoms with Crippen LogP contribution in [0, 0.1) is 10.8 Å². The van der Waals surface area contributed by atoms with Crippen molar-refractivity contribution in [3.8, 4) is 0 Å². The minimum Gasteiger partial charge on any atom is -0.465 e. The molecule has 1 saturated carbocycles. The predicted octanol–water partition coefficient (Wildman–Crippen LogP) is 2.97. The second-order valence-electron chi connectivity index (χ2n) is 7.37. The molecular formula is C14H27BO2. The van der Waals surface area contributed by atoms with Gasteiger partial charge in [0.15, 0.2) is 0 Å².